The average molecular weight is 521 g/mol. The van der Waals surface area contributed by atoms with E-state index in [0.717, 1.165) is 77.1 Å². The molecule has 0 aliphatic carbocycles. The van der Waals surface area contributed by atoms with Crippen molar-refractivity contribution in [3.05, 3.63) is 71.4 Å². The molecule has 3 aromatic heterocycles. The number of aliphatic imine (C=N–C) groups is 2. The van der Waals surface area contributed by atoms with Crippen LogP contribution in [-0.2, 0) is 5.41 Å². The second-order valence-electron chi connectivity index (χ2n) is 10.0. The summed E-state index contributed by atoms with van der Waals surface area (Å²) >= 11 is 0. The van der Waals surface area contributed by atoms with Gasteiger partial charge in [0.1, 0.15) is 35.0 Å². The summed E-state index contributed by atoms with van der Waals surface area (Å²) in [5, 5.41) is 9.05. The lowest BCUT2D eigenvalue weighted by Crippen LogP contribution is -2.44. The predicted octanol–water partition coefficient (Wildman–Crippen LogP) is 5.42. The minimum atomic E-state index is -0.0891. The summed E-state index contributed by atoms with van der Waals surface area (Å²) in [4.78, 5) is 27.3. The fraction of sp³-hybridized carbons (Fsp3) is 0.300. The topological polar surface area (TPSA) is 118 Å². The molecule has 0 spiro atoms. The van der Waals surface area contributed by atoms with Gasteiger partial charge in [-0.3, -0.25) is 4.99 Å². The van der Waals surface area contributed by atoms with Crippen LogP contribution < -0.4 is 4.74 Å². The summed E-state index contributed by atoms with van der Waals surface area (Å²) in [7, 11) is 3.49. The molecule has 1 aromatic carbocycles. The molecule has 1 saturated heterocycles. The Labute approximate surface area is 228 Å². The lowest BCUT2D eigenvalue weighted by Gasteiger charge is -2.39. The number of rotatable bonds is 6. The normalized spacial score (nSPS) is 15.2. The molecule has 9 heteroatoms. The number of nitrogens with zero attached hydrogens (tertiary/aromatic N) is 6. The number of benzene rings is 1. The second-order valence-corrected chi connectivity index (χ2v) is 10.0. The first-order valence-electron chi connectivity index (χ1n) is 12.9. The minimum absolute atomic E-state index is 0.0891. The Hall–Kier alpha value is -4.71. The molecule has 0 saturated carbocycles. The fourth-order valence-corrected chi connectivity index (χ4v) is 5.20. The maximum atomic E-state index is 9.05. The number of imidazole rings is 1. The number of nitrogens with one attached hydrogen (secondary N) is 2. The van der Waals surface area contributed by atoms with Gasteiger partial charge in [0.05, 0.1) is 24.1 Å². The zero-order valence-electron chi connectivity index (χ0n) is 22.7. The van der Waals surface area contributed by atoms with Gasteiger partial charge in [0.15, 0.2) is 0 Å². The number of ether oxygens (including phenoxy) is 1. The van der Waals surface area contributed by atoms with Gasteiger partial charge in [-0.2, -0.15) is 5.26 Å². The quantitative estimate of drug-likeness (QED) is 0.260. The van der Waals surface area contributed by atoms with Gasteiger partial charge in [0.2, 0.25) is 0 Å². The number of piperidine rings is 1. The molecule has 0 atom stereocenters. The molecule has 198 valence electrons. The SMILES string of the molecule is C=Nc1[nH]c(-c2ccc(C#N)nc2)cc1/C(=N\C)N1CCC(C)(c2nc(C)c(-c3cccc(OC)c3)[nH]2)CC1. The number of pyridine rings is 1. The minimum Gasteiger partial charge on any atom is -0.497 e. The highest BCUT2D eigenvalue weighted by molar-refractivity contribution is 6.04. The summed E-state index contributed by atoms with van der Waals surface area (Å²) in [5.41, 5.74) is 5.98. The molecular weight excluding hydrogens is 488 g/mol. The van der Waals surface area contributed by atoms with Crippen molar-refractivity contribution in [2.45, 2.75) is 32.1 Å². The third-order valence-corrected chi connectivity index (χ3v) is 7.58. The van der Waals surface area contributed by atoms with Crippen LogP contribution >= 0.6 is 0 Å². The van der Waals surface area contributed by atoms with Crippen LogP contribution in [0.4, 0.5) is 5.82 Å². The Kier molecular flexibility index (Phi) is 7.03. The van der Waals surface area contributed by atoms with E-state index < -0.39 is 0 Å². The molecule has 39 heavy (non-hydrogen) atoms. The molecule has 5 rings (SSSR count). The Morgan fingerprint density at radius 2 is 1.95 bits per heavy atom. The summed E-state index contributed by atoms with van der Waals surface area (Å²) in [6, 6.07) is 15.7. The van der Waals surface area contributed by atoms with Crippen LogP contribution in [0.2, 0.25) is 0 Å². The molecule has 0 amide bonds. The second kappa shape index (κ2) is 10.6. The summed E-state index contributed by atoms with van der Waals surface area (Å²) < 4.78 is 5.41. The fourth-order valence-electron chi connectivity index (χ4n) is 5.20. The zero-order valence-corrected chi connectivity index (χ0v) is 22.7. The summed E-state index contributed by atoms with van der Waals surface area (Å²) in [6.07, 6.45) is 3.52. The molecule has 0 bridgehead atoms. The number of amidine groups is 1. The molecule has 1 aliphatic rings. The van der Waals surface area contributed by atoms with Crippen molar-refractivity contribution in [3.8, 4) is 34.3 Å². The van der Waals surface area contributed by atoms with Crippen LogP contribution in [0.1, 0.15) is 42.5 Å². The predicted molar refractivity (Wildman–Crippen MR) is 154 cm³/mol. The van der Waals surface area contributed by atoms with Crippen LogP contribution in [0.25, 0.3) is 22.5 Å². The van der Waals surface area contributed by atoms with E-state index in [9.17, 15) is 0 Å². The number of aryl methyl sites for hydroxylation is 1. The van der Waals surface area contributed by atoms with Crippen LogP contribution in [0, 0.1) is 18.3 Å². The highest BCUT2D eigenvalue weighted by atomic mass is 16.5. The highest BCUT2D eigenvalue weighted by Crippen LogP contribution is 2.37. The van der Waals surface area contributed by atoms with Crippen molar-refractivity contribution >= 4 is 18.4 Å². The van der Waals surface area contributed by atoms with E-state index in [2.05, 4.69) is 55.6 Å². The van der Waals surface area contributed by atoms with Gasteiger partial charge in [-0.15, -0.1) is 0 Å². The Balaban J connectivity index is 1.36. The molecule has 1 fully saturated rings. The van der Waals surface area contributed by atoms with Crippen LogP contribution in [-0.4, -0.2) is 64.6 Å². The van der Waals surface area contributed by atoms with E-state index in [4.69, 9.17) is 15.0 Å². The first-order chi connectivity index (χ1) is 18.9. The molecular formula is C30H32N8O. The number of likely N-dealkylation sites (tertiary alicyclic amines) is 1. The van der Waals surface area contributed by atoms with Gasteiger partial charge in [0, 0.05) is 48.6 Å². The van der Waals surface area contributed by atoms with Crippen molar-refractivity contribution in [2.24, 2.45) is 9.98 Å². The lowest BCUT2D eigenvalue weighted by atomic mass is 9.79. The molecule has 2 N–H and O–H groups in total. The lowest BCUT2D eigenvalue weighted by molar-refractivity contribution is 0.233. The molecule has 0 unspecified atom stereocenters. The van der Waals surface area contributed by atoms with Crippen molar-refractivity contribution < 1.29 is 4.74 Å². The molecule has 1 aliphatic heterocycles. The van der Waals surface area contributed by atoms with E-state index in [-0.39, 0.29) is 5.41 Å². The maximum absolute atomic E-state index is 9.05. The molecule has 0 radical (unpaired) electrons. The number of hydrogen-bond acceptors (Lipinski definition) is 6. The monoisotopic (exact) mass is 520 g/mol. The van der Waals surface area contributed by atoms with E-state index in [1.54, 1.807) is 19.4 Å². The number of hydrogen-bond donors (Lipinski definition) is 2. The van der Waals surface area contributed by atoms with Gasteiger partial charge >= 0.3 is 0 Å². The van der Waals surface area contributed by atoms with E-state index >= 15 is 0 Å². The first kappa shape index (κ1) is 25.9. The number of aromatic amines is 2. The smallest absolute Gasteiger partial charge is 0.140 e. The number of methoxy groups -OCH3 is 1. The average Bonchev–Trinajstić information content (AvgIpc) is 3.59. The van der Waals surface area contributed by atoms with Crippen LogP contribution in [0.5, 0.6) is 5.75 Å². The van der Waals surface area contributed by atoms with Crippen molar-refractivity contribution in [3.63, 3.8) is 0 Å². The van der Waals surface area contributed by atoms with E-state index in [1.807, 2.05) is 44.3 Å². The summed E-state index contributed by atoms with van der Waals surface area (Å²) in [5.74, 6) is 3.37. The van der Waals surface area contributed by atoms with Gasteiger partial charge in [-0.1, -0.05) is 19.1 Å². The number of aromatic nitrogens is 4. The maximum Gasteiger partial charge on any atom is 0.140 e. The molecule has 4 aromatic rings. The molecule has 9 nitrogen and oxygen atoms in total. The van der Waals surface area contributed by atoms with E-state index in [0.29, 0.717) is 11.5 Å². The number of H-pyrrole nitrogens is 2. The summed E-state index contributed by atoms with van der Waals surface area (Å²) in [6.45, 7) is 9.74. The highest BCUT2D eigenvalue weighted by Gasteiger charge is 2.36. The van der Waals surface area contributed by atoms with Crippen molar-refractivity contribution in [1.29, 1.82) is 5.26 Å². The Morgan fingerprint density at radius 3 is 2.59 bits per heavy atom. The number of nitriles is 1. The van der Waals surface area contributed by atoms with Crippen molar-refractivity contribution in [1.82, 2.24) is 24.8 Å². The third kappa shape index (κ3) is 4.93. The largest absolute Gasteiger partial charge is 0.497 e. The standard InChI is InChI=1S/C30H32N8O/c1-19-26(20-7-6-8-23(15-20)39-5)37-29(35-19)30(2)11-13-38(14-12-30)28(33-4)24-16-25(36-27(24)32-3)21-9-10-22(17-31)34-18-21/h6-10,15-16,18,36H,3,11-14H2,1-2,4-5H3,(H,35,37)/b33-28+. The van der Waals surface area contributed by atoms with Crippen LogP contribution in [0.3, 0.4) is 0 Å². The van der Waals surface area contributed by atoms with E-state index in [1.165, 1.54) is 0 Å². The Morgan fingerprint density at radius 1 is 1.15 bits per heavy atom. The third-order valence-electron chi connectivity index (χ3n) is 7.58. The van der Waals surface area contributed by atoms with Crippen LogP contribution in [0.15, 0.2) is 58.6 Å². The van der Waals surface area contributed by atoms with Crippen molar-refractivity contribution in [2.75, 3.05) is 27.2 Å². The first-order valence-corrected chi connectivity index (χ1v) is 12.9. The zero-order chi connectivity index (χ0) is 27.6. The van der Waals surface area contributed by atoms with Gasteiger partial charge in [-0.05, 0) is 56.8 Å². The van der Waals surface area contributed by atoms with Gasteiger partial charge in [-0.25, -0.2) is 15.0 Å². The van der Waals surface area contributed by atoms with Gasteiger partial charge < -0.3 is 19.6 Å². The molecule has 4 heterocycles. The van der Waals surface area contributed by atoms with Gasteiger partial charge in [0.25, 0.3) is 0 Å². The Bertz CT molecular complexity index is 1560.